The Morgan fingerprint density at radius 3 is 1.55 bits per heavy atom. The van der Waals surface area contributed by atoms with Crippen LogP contribution in [0.4, 0.5) is 0 Å². The molecule has 0 N–H and O–H groups in total. The van der Waals surface area contributed by atoms with Crippen LogP contribution < -0.4 is 0 Å². The van der Waals surface area contributed by atoms with E-state index in [9.17, 15) is 0 Å². The highest BCUT2D eigenvalue weighted by Crippen LogP contribution is 2.45. The van der Waals surface area contributed by atoms with Gasteiger partial charge in [-0.3, -0.25) is 0 Å². The Kier molecular flexibility index (Phi) is 5.92. The van der Waals surface area contributed by atoms with E-state index in [1.165, 1.54) is 43.1 Å². The lowest BCUT2D eigenvalue weighted by molar-refractivity contribution is 0.669. The minimum atomic E-state index is 0.649. The molecule has 51 heavy (non-hydrogen) atoms. The molecule has 0 bridgehead atoms. The molecule has 2 heterocycles. The first-order valence-electron chi connectivity index (χ1n) is 17.2. The third-order valence-electron chi connectivity index (χ3n) is 10.3. The quantitative estimate of drug-likeness (QED) is 0.178. The third kappa shape index (κ3) is 4.23. The monoisotopic (exact) mass is 649 g/mol. The minimum Gasteiger partial charge on any atom is -0.456 e. The van der Waals surface area contributed by atoms with Gasteiger partial charge in [0, 0.05) is 27.5 Å². The Hall–Kier alpha value is -6.91. The van der Waals surface area contributed by atoms with Crippen molar-refractivity contribution in [3.05, 3.63) is 164 Å². The summed E-state index contributed by atoms with van der Waals surface area (Å²) in [6.45, 7) is 0. The summed E-state index contributed by atoms with van der Waals surface area (Å²) in [4.78, 5) is 15.0. The van der Waals surface area contributed by atoms with Crippen molar-refractivity contribution >= 4 is 65.0 Å². The van der Waals surface area contributed by atoms with Crippen LogP contribution in [0.15, 0.2) is 168 Å². The Bertz CT molecular complexity index is 3070. The number of fused-ring (bicyclic) bond motifs is 6. The third-order valence-corrected chi connectivity index (χ3v) is 10.3. The Labute approximate surface area is 292 Å². The SMILES string of the molecule is c1ccc(-c2nc(-c3ccccc3)nc(-c3ccc(-c4ccc5ccc6c7cccc8oc9cccc(c6c5c4)c9c87)c4ccccc34)n2)cc1. The van der Waals surface area contributed by atoms with Crippen molar-refractivity contribution in [3.8, 4) is 45.3 Å². The predicted molar refractivity (Wildman–Crippen MR) is 210 cm³/mol. The van der Waals surface area contributed by atoms with Crippen LogP contribution in [0.3, 0.4) is 0 Å². The standard InChI is InChI=1S/C47H27N3O/c1-3-11-29(12-4-1)45-48-46(30-13-5-2-6-14-30)50-47(49-45)37-26-25-32(33-15-7-8-16-34(33)37)31-22-21-28-23-24-36-35-17-9-19-40-43(35)44-38(42(36)39(28)27-31)18-10-20-41(44)51-40/h1-27H. The number of hydrogen-bond acceptors (Lipinski definition) is 4. The second-order valence-electron chi connectivity index (χ2n) is 13.1. The number of rotatable bonds is 4. The molecule has 0 amide bonds. The van der Waals surface area contributed by atoms with E-state index in [4.69, 9.17) is 19.4 Å². The van der Waals surface area contributed by atoms with E-state index in [0.29, 0.717) is 17.5 Å². The fourth-order valence-corrected chi connectivity index (χ4v) is 7.98. The molecule has 9 aromatic carbocycles. The van der Waals surface area contributed by atoms with Crippen LogP contribution in [-0.2, 0) is 0 Å². The summed E-state index contributed by atoms with van der Waals surface area (Å²) >= 11 is 0. The fourth-order valence-electron chi connectivity index (χ4n) is 7.98. The zero-order valence-electron chi connectivity index (χ0n) is 27.3. The summed E-state index contributed by atoms with van der Waals surface area (Å²) in [7, 11) is 0. The van der Waals surface area contributed by atoms with E-state index in [-0.39, 0.29) is 0 Å². The molecule has 11 rings (SSSR count). The molecule has 0 aliphatic carbocycles. The van der Waals surface area contributed by atoms with Gasteiger partial charge in [0.05, 0.1) is 0 Å². The van der Waals surface area contributed by atoms with E-state index < -0.39 is 0 Å². The summed E-state index contributed by atoms with van der Waals surface area (Å²) < 4.78 is 6.34. The molecule has 4 nitrogen and oxygen atoms in total. The molecule has 0 aliphatic rings. The van der Waals surface area contributed by atoms with E-state index in [0.717, 1.165) is 49.8 Å². The number of benzene rings is 9. The van der Waals surface area contributed by atoms with Gasteiger partial charge >= 0.3 is 0 Å². The average Bonchev–Trinajstić information content (AvgIpc) is 3.60. The molecule has 0 saturated carbocycles. The van der Waals surface area contributed by atoms with Crippen molar-refractivity contribution < 1.29 is 4.42 Å². The van der Waals surface area contributed by atoms with Gasteiger partial charge in [-0.1, -0.05) is 140 Å². The molecule has 0 spiro atoms. The smallest absolute Gasteiger partial charge is 0.164 e. The Balaban J connectivity index is 1.14. The molecule has 0 radical (unpaired) electrons. The summed E-state index contributed by atoms with van der Waals surface area (Å²) in [5.41, 5.74) is 7.06. The van der Waals surface area contributed by atoms with E-state index >= 15 is 0 Å². The van der Waals surface area contributed by atoms with Crippen LogP contribution in [-0.4, -0.2) is 15.0 Å². The van der Waals surface area contributed by atoms with Crippen molar-refractivity contribution in [2.45, 2.75) is 0 Å². The number of aromatic nitrogens is 3. The largest absolute Gasteiger partial charge is 0.456 e. The fraction of sp³-hybridized carbons (Fsp3) is 0. The molecule has 0 unspecified atom stereocenters. The van der Waals surface area contributed by atoms with Gasteiger partial charge < -0.3 is 4.42 Å². The van der Waals surface area contributed by atoms with Gasteiger partial charge in [-0.15, -0.1) is 0 Å². The first-order valence-corrected chi connectivity index (χ1v) is 17.2. The second-order valence-corrected chi connectivity index (χ2v) is 13.1. The number of furan rings is 1. The van der Waals surface area contributed by atoms with Crippen molar-refractivity contribution in [1.82, 2.24) is 15.0 Å². The summed E-state index contributed by atoms with van der Waals surface area (Å²) in [6, 6.07) is 57.4. The topological polar surface area (TPSA) is 51.8 Å². The summed E-state index contributed by atoms with van der Waals surface area (Å²) in [5.74, 6) is 1.95. The van der Waals surface area contributed by atoms with Crippen LogP contribution in [0.25, 0.3) is 110 Å². The van der Waals surface area contributed by atoms with Crippen LogP contribution in [0, 0.1) is 0 Å². The average molecular weight is 650 g/mol. The van der Waals surface area contributed by atoms with Crippen LogP contribution in [0.2, 0.25) is 0 Å². The lowest BCUT2D eigenvalue weighted by Gasteiger charge is -2.15. The molecule has 236 valence electrons. The summed E-state index contributed by atoms with van der Waals surface area (Å²) in [5, 5.41) is 12.0. The van der Waals surface area contributed by atoms with E-state index in [2.05, 4.69) is 103 Å². The molecule has 0 saturated heterocycles. The van der Waals surface area contributed by atoms with Crippen molar-refractivity contribution in [2.75, 3.05) is 0 Å². The van der Waals surface area contributed by atoms with Gasteiger partial charge in [-0.2, -0.15) is 0 Å². The molecule has 0 atom stereocenters. The van der Waals surface area contributed by atoms with Crippen molar-refractivity contribution in [3.63, 3.8) is 0 Å². The highest BCUT2D eigenvalue weighted by atomic mass is 16.3. The van der Waals surface area contributed by atoms with E-state index in [1.54, 1.807) is 0 Å². The maximum atomic E-state index is 6.34. The molecule has 0 aliphatic heterocycles. The van der Waals surface area contributed by atoms with Gasteiger partial charge in [0.1, 0.15) is 11.2 Å². The van der Waals surface area contributed by atoms with Crippen LogP contribution in [0.1, 0.15) is 0 Å². The number of hydrogen-bond donors (Lipinski definition) is 0. The molecular weight excluding hydrogens is 623 g/mol. The van der Waals surface area contributed by atoms with Gasteiger partial charge in [0.25, 0.3) is 0 Å². The van der Waals surface area contributed by atoms with Crippen LogP contribution >= 0.6 is 0 Å². The van der Waals surface area contributed by atoms with Gasteiger partial charge in [-0.05, 0) is 78.5 Å². The molecule has 4 heteroatoms. The zero-order valence-corrected chi connectivity index (χ0v) is 27.3. The highest BCUT2D eigenvalue weighted by Gasteiger charge is 2.20. The Morgan fingerprint density at radius 1 is 0.314 bits per heavy atom. The van der Waals surface area contributed by atoms with E-state index in [1.807, 2.05) is 60.7 Å². The lowest BCUT2D eigenvalue weighted by Crippen LogP contribution is -2.00. The number of nitrogens with zero attached hydrogens (tertiary/aromatic N) is 3. The molecule has 11 aromatic rings. The first kappa shape index (κ1) is 28.0. The molecule has 0 fully saturated rings. The van der Waals surface area contributed by atoms with Gasteiger partial charge in [0.2, 0.25) is 0 Å². The van der Waals surface area contributed by atoms with Crippen molar-refractivity contribution in [1.29, 1.82) is 0 Å². The minimum absolute atomic E-state index is 0.649. The Morgan fingerprint density at radius 2 is 0.843 bits per heavy atom. The predicted octanol–water partition coefficient (Wildman–Crippen LogP) is 12.5. The van der Waals surface area contributed by atoms with Crippen molar-refractivity contribution in [2.24, 2.45) is 0 Å². The normalized spacial score (nSPS) is 11.9. The first-order chi connectivity index (χ1) is 25.3. The van der Waals surface area contributed by atoms with Gasteiger partial charge in [0.15, 0.2) is 17.5 Å². The maximum absolute atomic E-state index is 6.34. The van der Waals surface area contributed by atoms with Crippen LogP contribution in [0.5, 0.6) is 0 Å². The zero-order chi connectivity index (χ0) is 33.5. The van der Waals surface area contributed by atoms with Gasteiger partial charge in [-0.25, -0.2) is 15.0 Å². The molecular formula is C47H27N3O. The molecule has 2 aromatic heterocycles. The highest BCUT2D eigenvalue weighted by molar-refractivity contribution is 6.37. The maximum Gasteiger partial charge on any atom is 0.164 e. The summed E-state index contributed by atoms with van der Waals surface area (Å²) in [6.07, 6.45) is 0. The second kappa shape index (κ2) is 10.8. The lowest BCUT2D eigenvalue weighted by atomic mass is 9.89.